The minimum Gasteiger partial charge on any atom is -0.396 e. The van der Waals surface area contributed by atoms with Gasteiger partial charge in [-0.15, -0.1) is 0 Å². The summed E-state index contributed by atoms with van der Waals surface area (Å²) < 4.78 is 25.2. The molecule has 0 unspecified atom stereocenters. The van der Waals surface area contributed by atoms with Crippen LogP contribution in [-0.4, -0.2) is 58.0 Å². The van der Waals surface area contributed by atoms with Gasteiger partial charge in [-0.2, -0.15) is 0 Å². The van der Waals surface area contributed by atoms with Crippen LogP contribution >= 0.6 is 0 Å². The summed E-state index contributed by atoms with van der Waals surface area (Å²) >= 11 is 0. The van der Waals surface area contributed by atoms with Crippen LogP contribution in [0.1, 0.15) is 19.3 Å². The lowest BCUT2D eigenvalue weighted by Crippen LogP contribution is -2.29. The zero-order valence-corrected chi connectivity index (χ0v) is 10.4. The van der Waals surface area contributed by atoms with Gasteiger partial charge in [-0.3, -0.25) is 0 Å². The summed E-state index contributed by atoms with van der Waals surface area (Å²) in [6.45, 7) is 1.41. The van der Waals surface area contributed by atoms with Gasteiger partial charge in [-0.25, -0.2) is 13.1 Å². The van der Waals surface area contributed by atoms with E-state index in [1.807, 2.05) is 19.0 Å². The number of hydrogen-bond acceptors (Lipinski definition) is 4. The number of nitrogens with one attached hydrogen (secondary N) is 1. The number of unbranched alkanes of at least 4 members (excludes halogenated alkanes) is 1. The molecule has 0 bridgehead atoms. The Labute approximate surface area is 92.5 Å². The van der Waals surface area contributed by atoms with Crippen LogP contribution in [0.5, 0.6) is 0 Å². The second-order valence-corrected chi connectivity index (χ2v) is 5.73. The fourth-order valence-electron chi connectivity index (χ4n) is 1.10. The van der Waals surface area contributed by atoms with Crippen LogP contribution in [-0.2, 0) is 10.0 Å². The van der Waals surface area contributed by atoms with E-state index in [-0.39, 0.29) is 12.4 Å². The van der Waals surface area contributed by atoms with Gasteiger partial charge in [0.25, 0.3) is 0 Å². The van der Waals surface area contributed by atoms with Gasteiger partial charge in [0, 0.05) is 13.2 Å². The minimum atomic E-state index is -3.13. The van der Waals surface area contributed by atoms with Gasteiger partial charge in [0.15, 0.2) is 0 Å². The van der Waals surface area contributed by atoms with Gasteiger partial charge >= 0.3 is 0 Å². The van der Waals surface area contributed by atoms with Gasteiger partial charge in [0.05, 0.1) is 5.75 Å². The number of aliphatic hydroxyl groups is 1. The molecule has 0 amide bonds. The van der Waals surface area contributed by atoms with Gasteiger partial charge in [0.2, 0.25) is 10.0 Å². The largest absolute Gasteiger partial charge is 0.396 e. The Balaban J connectivity index is 3.56. The third-order valence-corrected chi connectivity index (χ3v) is 3.40. The summed E-state index contributed by atoms with van der Waals surface area (Å²) in [6.07, 6.45) is 1.87. The lowest BCUT2D eigenvalue weighted by atomic mass is 10.4. The number of sulfonamides is 1. The molecule has 2 N–H and O–H groups in total. The molecule has 0 aromatic carbocycles. The van der Waals surface area contributed by atoms with Crippen LogP contribution in [0, 0.1) is 0 Å². The molecule has 0 aromatic rings. The molecule has 0 heterocycles. The predicted molar refractivity (Wildman–Crippen MR) is 61.3 cm³/mol. The topological polar surface area (TPSA) is 69.6 Å². The van der Waals surface area contributed by atoms with Crippen LogP contribution in [0.3, 0.4) is 0 Å². The SMILES string of the molecule is CN(C)CCCNS(=O)(=O)CCCCO. The Morgan fingerprint density at radius 1 is 1.20 bits per heavy atom. The standard InChI is InChI=1S/C9H22N2O3S/c1-11(2)7-5-6-10-15(13,14)9-4-3-8-12/h10,12H,3-9H2,1-2H3. The van der Waals surface area contributed by atoms with E-state index >= 15 is 0 Å². The second-order valence-electron chi connectivity index (χ2n) is 3.80. The Morgan fingerprint density at radius 3 is 2.40 bits per heavy atom. The van der Waals surface area contributed by atoms with E-state index in [4.69, 9.17) is 5.11 Å². The van der Waals surface area contributed by atoms with E-state index in [1.165, 1.54) is 0 Å². The Bertz CT molecular complexity index is 240. The van der Waals surface area contributed by atoms with Crippen molar-refractivity contribution in [1.82, 2.24) is 9.62 Å². The van der Waals surface area contributed by atoms with Crippen molar-refractivity contribution < 1.29 is 13.5 Å². The summed E-state index contributed by atoms with van der Waals surface area (Å²) in [5.74, 6) is 0.107. The first-order chi connectivity index (χ1) is 6.98. The highest BCUT2D eigenvalue weighted by atomic mass is 32.2. The molecule has 92 valence electrons. The van der Waals surface area contributed by atoms with Crippen LogP contribution in [0.2, 0.25) is 0 Å². The molecular weight excluding hydrogens is 216 g/mol. The smallest absolute Gasteiger partial charge is 0.211 e. The maximum absolute atomic E-state index is 11.3. The highest BCUT2D eigenvalue weighted by Crippen LogP contribution is 1.94. The molecule has 0 spiro atoms. The monoisotopic (exact) mass is 238 g/mol. The van der Waals surface area contributed by atoms with E-state index in [1.54, 1.807) is 0 Å². The fourth-order valence-corrected chi connectivity index (χ4v) is 2.28. The molecule has 0 aromatic heterocycles. The van der Waals surface area contributed by atoms with E-state index in [2.05, 4.69) is 4.72 Å². The lowest BCUT2D eigenvalue weighted by Gasteiger charge is -2.10. The number of hydrogen-bond donors (Lipinski definition) is 2. The van der Waals surface area contributed by atoms with Gasteiger partial charge < -0.3 is 10.0 Å². The van der Waals surface area contributed by atoms with Crippen molar-refractivity contribution in [2.45, 2.75) is 19.3 Å². The zero-order valence-electron chi connectivity index (χ0n) is 9.57. The zero-order chi connectivity index (χ0) is 11.7. The average Bonchev–Trinajstić information content (AvgIpc) is 2.13. The van der Waals surface area contributed by atoms with Crippen molar-refractivity contribution in [1.29, 1.82) is 0 Å². The summed E-state index contributed by atoms with van der Waals surface area (Å²) in [5, 5.41) is 8.52. The molecule has 0 saturated carbocycles. The summed E-state index contributed by atoms with van der Waals surface area (Å²) in [6, 6.07) is 0. The summed E-state index contributed by atoms with van der Waals surface area (Å²) in [7, 11) is 0.777. The van der Waals surface area contributed by atoms with Crippen LogP contribution in [0.15, 0.2) is 0 Å². The first-order valence-electron chi connectivity index (χ1n) is 5.21. The summed E-state index contributed by atoms with van der Waals surface area (Å²) in [4.78, 5) is 2.01. The molecule has 15 heavy (non-hydrogen) atoms. The highest BCUT2D eigenvalue weighted by Gasteiger charge is 2.08. The third-order valence-electron chi connectivity index (χ3n) is 1.93. The fraction of sp³-hybridized carbons (Fsp3) is 1.00. The number of aliphatic hydroxyl groups excluding tert-OH is 1. The Hall–Kier alpha value is -0.170. The summed E-state index contributed by atoms with van der Waals surface area (Å²) in [5.41, 5.74) is 0. The Morgan fingerprint density at radius 2 is 1.87 bits per heavy atom. The molecule has 0 rings (SSSR count). The predicted octanol–water partition coefficient (Wildman–Crippen LogP) is -0.370. The normalized spacial score (nSPS) is 12.3. The molecule has 6 heteroatoms. The van der Waals surface area contributed by atoms with Crippen molar-refractivity contribution in [3.63, 3.8) is 0 Å². The van der Waals surface area contributed by atoms with Crippen molar-refractivity contribution in [2.75, 3.05) is 39.5 Å². The molecular formula is C9H22N2O3S. The van der Waals surface area contributed by atoms with Crippen LogP contribution in [0.4, 0.5) is 0 Å². The molecule has 0 saturated heterocycles. The molecule has 5 nitrogen and oxygen atoms in total. The first kappa shape index (κ1) is 14.8. The van der Waals surface area contributed by atoms with E-state index in [0.29, 0.717) is 19.4 Å². The minimum absolute atomic E-state index is 0.0517. The second kappa shape index (κ2) is 8.04. The average molecular weight is 238 g/mol. The first-order valence-corrected chi connectivity index (χ1v) is 6.86. The van der Waals surface area contributed by atoms with Crippen LogP contribution in [0.25, 0.3) is 0 Å². The van der Waals surface area contributed by atoms with E-state index < -0.39 is 10.0 Å². The lowest BCUT2D eigenvalue weighted by molar-refractivity contribution is 0.287. The van der Waals surface area contributed by atoms with Gasteiger partial charge in [0.1, 0.15) is 0 Å². The van der Waals surface area contributed by atoms with Crippen molar-refractivity contribution >= 4 is 10.0 Å². The molecule has 0 aliphatic heterocycles. The number of rotatable bonds is 9. The molecule has 0 aliphatic carbocycles. The highest BCUT2D eigenvalue weighted by molar-refractivity contribution is 7.89. The molecule has 0 atom stereocenters. The third kappa shape index (κ3) is 10.1. The van der Waals surface area contributed by atoms with Crippen molar-refractivity contribution in [3.8, 4) is 0 Å². The van der Waals surface area contributed by atoms with Gasteiger partial charge in [-0.05, 0) is 39.9 Å². The van der Waals surface area contributed by atoms with E-state index in [0.717, 1.165) is 13.0 Å². The molecule has 0 radical (unpaired) electrons. The van der Waals surface area contributed by atoms with Crippen LogP contribution < -0.4 is 4.72 Å². The maximum atomic E-state index is 11.3. The number of nitrogens with zero attached hydrogens (tertiary/aromatic N) is 1. The molecule has 0 aliphatic rings. The van der Waals surface area contributed by atoms with E-state index in [9.17, 15) is 8.42 Å². The van der Waals surface area contributed by atoms with Crippen molar-refractivity contribution in [2.24, 2.45) is 0 Å². The van der Waals surface area contributed by atoms with Gasteiger partial charge in [-0.1, -0.05) is 0 Å². The Kier molecular flexibility index (Phi) is 7.95. The quantitative estimate of drug-likeness (QED) is 0.538. The maximum Gasteiger partial charge on any atom is 0.211 e. The molecule has 0 fully saturated rings. The van der Waals surface area contributed by atoms with Crippen molar-refractivity contribution in [3.05, 3.63) is 0 Å².